The second-order valence-corrected chi connectivity index (χ2v) is 10.0. The Morgan fingerprint density at radius 1 is 0.892 bits per heavy atom. The van der Waals surface area contributed by atoms with E-state index in [2.05, 4.69) is 16.3 Å². The second-order valence-electron chi connectivity index (χ2n) is 9.04. The van der Waals surface area contributed by atoms with Gasteiger partial charge >= 0.3 is 0 Å². The minimum atomic E-state index is -0.403. The standard InChI is InChI=1S/C29H22N4O3S/c34-27-20-10-6-9-19-22(32-13-15-36-16-14-32)17-23(26(25(19)20)28(35)31-27)33(18-7-2-1-3-8-18)29-30-21-11-4-5-12-24(21)37-29/h1-12,17H,13-16H2,(H,31,34,35). The number of rotatable bonds is 4. The quantitative estimate of drug-likeness (QED) is 0.318. The first-order valence-electron chi connectivity index (χ1n) is 12.2. The van der Waals surface area contributed by atoms with E-state index in [9.17, 15) is 9.59 Å². The maximum Gasteiger partial charge on any atom is 0.260 e. The van der Waals surface area contributed by atoms with E-state index in [1.165, 1.54) is 0 Å². The summed E-state index contributed by atoms with van der Waals surface area (Å²) in [5.74, 6) is -0.779. The van der Waals surface area contributed by atoms with Gasteiger partial charge in [0.1, 0.15) is 0 Å². The van der Waals surface area contributed by atoms with Gasteiger partial charge in [-0.1, -0.05) is 53.8 Å². The van der Waals surface area contributed by atoms with Gasteiger partial charge in [-0.15, -0.1) is 0 Å². The average molecular weight is 507 g/mol. The van der Waals surface area contributed by atoms with E-state index in [0.717, 1.165) is 45.2 Å². The van der Waals surface area contributed by atoms with Gasteiger partial charge in [0.15, 0.2) is 5.13 Å². The highest BCUT2D eigenvalue weighted by molar-refractivity contribution is 7.22. The van der Waals surface area contributed by atoms with Crippen LogP contribution in [0, 0.1) is 0 Å². The summed E-state index contributed by atoms with van der Waals surface area (Å²) in [6, 6.07) is 25.7. The lowest BCUT2D eigenvalue weighted by atomic mass is 9.91. The van der Waals surface area contributed by atoms with Gasteiger partial charge in [-0.3, -0.25) is 19.8 Å². The number of aromatic nitrogens is 1. The molecule has 7 rings (SSSR count). The summed E-state index contributed by atoms with van der Waals surface area (Å²) in [5, 5.41) is 4.88. The Morgan fingerprint density at radius 3 is 2.49 bits per heavy atom. The van der Waals surface area contributed by atoms with Crippen molar-refractivity contribution in [3.63, 3.8) is 0 Å². The van der Waals surface area contributed by atoms with Crippen molar-refractivity contribution < 1.29 is 14.3 Å². The van der Waals surface area contributed by atoms with Gasteiger partial charge in [-0.25, -0.2) is 4.98 Å². The molecule has 37 heavy (non-hydrogen) atoms. The van der Waals surface area contributed by atoms with Crippen LogP contribution in [0.3, 0.4) is 0 Å². The lowest BCUT2D eigenvalue weighted by Crippen LogP contribution is -2.38. The number of hydrogen-bond donors (Lipinski definition) is 1. The number of carbonyl (C=O) groups excluding carboxylic acids is 2. The van der Waals surface area contributed by atoms with Gasteiger partial charge in [0.05, 0.1) is 34.7 Å². The molecule has 1 aromatic heterocycles. The van der Waals surface area contributed by atoms with Crippen LogP contribution in [0.25, 0.3) is 21.0 Å². The summed E-state index contributed by atoms with van der Waals surface area (Å²) in [6.07, 6.45) is 0. The Labute approximate surface area is 216 Å². The fourth-order valence-corrected chi connectivity index (χ4v) is 6.22. The van der Waals surface area contributed by atoms with Crippen molar-refractivity contribution in [2.24, 2.45) is 0 Å². The maximum atomic E-state index is 13.5. The largest absolute Gasteiger partial charge is 0.378 e. The van der Waals surface area contributed by atoms with Crippen molar-refractivity contribution in [1.82, 2.24) is 10.3 Å². The summed E-state index contributed by atoms with van der Waals surface area (Å²) in [4.78, 5) is 35.7. The van der Waals surface area contributed by atoms with Crippen molar-refractivity contribution in [2.45, 2.75) is 0 Å². The molecule has 2 aliphatic heterocycles. The lowest BCUT2D eigenvalue weighted by molar-refractivity contribution is 0.0845. The van der Waals surface area contributed by atoms with E-state index in [1.807, 2.05) is 71.6 Å². The Kier molecular flexibility index (Phi) is 5.16. The molecule has 0 atom stereocenters. The number of fused-ring (bicyclic) bond motifs is 1. The van der Waals surface area contributed by atoms with Crippen LogP contribution in [0.2, 0.25) is 0 Å². The predicted molar refractivity (Wildman–Crippen MR) is 147 cm³/mol. The molecule has 1 saturated heterocycles. The fraction of sp³-hybridized carbons (Fsp3) is 0.138. The van der Waals surface area contributed by atoms with Gasteiger partial charge in [-0.05, 0) is 36.4 Å². The molecule has 5 aromatic rings. The first-order chi connectivity index (χ1) is 18.2. The Morgan fingerprint density at radius 2 is 1.68 bits per heavy atom. The number of nitrogens with zero attached hydrogens (tertiary/aromatic N) is 3. The number of nitrogens with one attached hydrogen (secondary N) is 1. The van der Waals surface area contributed by atoms with Crippen LogP contribution in [-0.4, -0.2) is 43.1 Å². The van der Waals surface area contributed by atoms with Crippen LogP contribution in [0.1, 0.15) is 20.7 Å². The molecule has 0 spiro atoms. The summed E-state index contributed by atoms with van der Waals surface area (Å²) in [7, 11) is 0. The van der Waals surface area contributed by atoms with Crippen molar-refractivity contribution in [3.8, 4) is 0 Å². The molecule has 0 radical (unpaired) electrons. The van der Waals surface area contributed by atoms with Gasteiger partial charge in [-0.2, -0.15) is 0 Å². The number of thiazole rings is 1. The molecule has 2 aliphatic rings. The molecule has 182 valence electrons. The van der Waals surface area contributed by atoms with Crippen molar-refractivity contribution in [3.05, 3.63) is 90.0 Å². The predicted octanol–water partition coefficient (Wildman–Crippen LogP) is 5.64. The van der Waals surface area contributed by atoms with Crippen LogP contribution in [0.15, 0.2) is 78.9 Å². The highest BCUT2D eigenvalue weighted by Gasteiger charge is 2.33. The number of imide groups is 1. The molecule has 7 nitrogen and oxygen atoms in total. The molecule has 1 N–H and O–H groups in total. The van der Waals surface area contributed by atoms with E-state index in [1.54, 1.807) is 17.4 Å². The van der Waals surface area contributed by atoms with E-state index in [-0.39, 0.29) is 5.91 Å². The molecule has 1 fully saturated rings. The molecular formula is C29H22N4O3S. The molecule has 3 heterocycles. The zero-order valence-electron chi connectivity index (χ0n) is 19.8. The van der Waals surface area contributed by atoms with Crippen molar-refractivity contribution >= 4 is 66.3 Å². The van der Waals surface area contributed by atoms with Gasteiger partial charge in [0.25, 0.3) is 11.8 Å². The third-order valence-corrected chi connectivity index (χ3v) is 7.92. The van der Waals surface area contributed by atoms with Crippen LogP contribution in [0.5, 0.6) is 0 Å². The highest BCUT2D eigenvalue weighted by Crippen LogP contribution is 2.46. The number of morpholine rings is 1. The van der Waals surface area contributed by atoms with E-state index in [4.69, 9.17) is 9.72 Å². The van der Waals surface area contributed by atoms with Crippen LogP contribution in [-0.2, 0) is 4.74 Å². The molecule has 4 aromatic carbocycles. The van der Waals surface area contributed by atoms with E-state index in [0.29, 0.717) is 35.4 Å². The number of amides is 2. The zero-order chi connectivity index (χ0) is 24.9. The number of carbonyl (C=O) groups is 2. The number of hydrogen-bond acceptors (Lipinski definition) is 7. The lowest BCUT2D eigenvalue weighted by Gasteiger charge is -2.34. The molecular weight excluding hydrogens is 484 g/mol. The van der Waals surface area contributed by atoms with E-state index < -0.39 is 5.91 Å². The second kappa shape index (κ2) is 8.69. The molecule has 8 heteroatoms. The molecule has 0 unspecified atom stereocenters. The minimum absolute atomic E-state index is 0.376. The minimum Gasteiger partial charge on any atom is -0.378 e. The maximum absolute atomic E-state index is 13.5. The average Bonchev–Trinajstić information content (AvgIpc) is 3.36. The van der Waals surface area contributed by atoms with Gasteiger partial charge in [0, 0.05) is 40.8 Å². The fourth-order valence-electron chi connectivity index (χ4n) is 5.22. The molecule has 0 bridgehead atoms. The van der Waals surface area contributed by atoms with Crippen LogP contribution >= 0.6 is 11.3 Å². The smallest absolute Gasteiger partial charge is 0.260 e. The summed E-state index contributed by atoms with van der Waals surface area (Å²) < 4.78 is 6.68. The highest BCUT2D eigenvalue weighted by atomic mass is 32.1. The Balaban J connectivity index is 1.57. The summed E-state index contributed by atoms with van der Waals surface area (Å²) in [6.45, 7) is 2.70. The van der Waals surface area contributed by atoms with Crippen molar-refractivity contribution in [2.75, 3.05) is 36.1 Å². The third kappa shape index (κ3) is 3.56. The van der Waals surface area contributed by atoms with Crippen LogP contribution in [0.4, 0.5) is 22.2 Å². The number of ether oxygens (including phenoxy) is 1. The monoisotopic (exact) mass is 506 g/mol. The number of para-hydroxylation sites is 2. The SMILES string of the molecule is O=C1NC(=O)c2c(N(c3ccccc3)c3nc4ccccc4s3)cc(N3CCOCC3)c3cccc1c23. The van der Waals surface area contributed by atoms with Gasteiger partial charge < -0.3 is 9.64 Å². The first kappa shape index (κ1) is 22.0. The topological polar surface area (TPSA) is 74.8 Å². The Hall–Kier alpha value is -4.27. The summed E-state index contributed by atoms with van der Waals surface area (Å²) >= 11 is 1.57. The molecule has 0 saturated carbocycles. The molecule has 2 amide bonds. The van der Waals surface area contributed by atoms with Crippen molar-refractivity contribution in [1.29, 1.82) is 0 Å². The Bertz CT molecular complexity index is 1660. The number of benzene rings is 4. The first-order valence-corrected chi connectivity index (χ1v) is 13.0. The zero-order valence-corrected chi connectivity index (χ0v) is 20.6. The van der Waals surface area contributed by atoms with Crippen LogP contribution < -0.4 is 15.1 Å². The number of anilines is 4. The molecule has 0 aliphatic carbocycles. The van der Waals surface area contributed by atoms with E-state index >= 15 is 0 Å². The third-order valence-electron chi connectivity index (χ3n) is 6.90. The summed E-state index contributed by atoms with van der Waals surface area (Å²) in [5.41, 5.74) is 4.42. The normalized spacial score (nSPS) is 15.3. The van der Waals surface area contributed by atoms with Gasteiger partial charge in [0.2, 0.25) is 0 Å².